The minimum absolute atomic E-state index is 0.114. The fourth-order valence-electron chi connectivity index (χ4n) is 4.05. The number of hydrogen-bond donors (Lipinski definition) is 1. The molecule has 2 aromatic carbocycles. The zero-order valence-electron chi connectivity index (χ0n) is 22.1. The van der Waals surface area contributed by atoms with Crippen LogP contribution >= 0.6 is 34.7 Å². The molecule has 1 amide bonds. The van der Waals surface area contributed by atoms with Gasteiger partial charge in [-0.05, 0) is 49.6 Å². The maximum Gasteiger partial charge on any atom is 0.341 e. The SMILES string of the molecule is COC(=O)c1c(NC(=O)CSc2nnc(CCCOc3ccc(Cl)cc3C)n2C)sc(C)c1-c1ccccc1. The monoisotopic (exact) mass is 584 g/mol. The Labute approximate surface area is 240 Å². The van der Waals surface area contributed by atoms with Crippen LogP contribution in [-0.2, 0) is 23.0 Å². The lowest BCUT2D eigenvalue weighted by atomic mass is 10.0. The first-order valence-corrected chi connectivity index (χ1v) is 14.4. The van der Waals surface area contributed by atoms with Crippen LogP contribution in [0.3, 0.4) is 0 Å². The lowest BCUT2D eigenvalue weighted by molar-refractivity contribution is -0.113. The molecule has 204 valence electrons. The summed E-state index contributed by atoms with van der Waals surface area (Å²) in [5.41, 5.74) is 3.01. The van der Waals surface area contributed by atoms with Crippen LogP contribution in [0.25, 0.3) is 11.1 Å². The van der Waals surface area contributed by atoms with Crippen molar-refractivity contribution >= 4 is 51.6 Å². The molecule has 2 heterocycles. The molecule has 0 atom stereocenters. The average molecular weight is 585 g/mol. The topological polar surface area (TPSA) is 95.3 Å². The van der Waals surface area contributed by atoms with Gasteiger partial charge in [-0.1, -0.05) is 53.7 Å². The Morgan fingerprint density at radius 2 is 1.90 bits per heavy atom. The molecule has 39 heavy (non-hydrogen) atoms. The zero-order valence-corrected chi connectivity index (χ0v) is 24.5. The van der Waals surface area contributed by atoms with E-state index >= 15 is 0 Å². The van der Waals surface area contributed by atoms with Gasteiger partial charge >= 0.3 is 5.97 Å². The van der Waals surface area contributed by atoms with E-state index in [1.807, 2.05) is 74.0 Å². The Bertz CT molecular complexity index is 1470. The van der Waals surface area contributed by atoms with Crippen molar-refractivity contribution in [3.63, 3.8) is 0 Å². The summed E-state index contributed by atoms with van der Waals surface area (Å²) in [6.07, 6.45) is 1.44. The van der Waals surface area contributed by atoms with Crippen molar-refractivity contribution in [2.75, 3.05) is 24.8 Å². The predicted octanol–water partition coefficient (Wildman–Crippen LogP) is 6.34. The number of aromatic nitrogens is 3. The Morgan fingerprint density at radius 3 is 2.62 bits per heavy atom. The molecule has 0 saturated carbocycles. The van der Waals surface area contributed by atoms with E-state index in [4.69, 9.17) is 21.1 Å². The van der Waals surface area contributed by atoms with E-state index in [1.54, 1.807) is 0 Å². The fraction of sp³-hybridized carbons (Fsp3) is 0.286. The number of amides is 1. The van der Waals surface area contributed by atoms with Gasteiger partial charge in [0.1, 0.15) is 22.1 Å². The summed E-state index contributed by atoms with van der Waals surface area (Å²) >= 11 is 8.64. The Balaban J connectivity index is 1.34. The smallest absolute Gasteiger partial charge is 0.341 e. The molecule has 0 saturated heterocycles. The van der Waals surface area contributed by atoms with Crippen LogP contribution in [0, 0.1) is 13.8 Å². The Morgan fingerprint density at radius 1 is 1.13 bits per heavy atom. The molecule has 2 aromatic heterocycles. The molecular formula is C28H29ClN4O4S2. The van der Waals surface area contributed by atoms with Crippen molar-refractivity contribution in [3.05, 3.63) is 75.4 Å². The molecule has 0 bridgehead atoms. The van der Waals surface area contributed by atoms with E-state index in [-0.39, 0.29) is 11.7 Å². The minimum atomic E-state index is -0.491. The number of anilines is 1. The third-order valence-electron chi connectivity index (χ3n) is 5.99. The normalized spacial score (nSPS) is 10.9. The second kappa shape index (κ2) is 13.1. The van der Waals surface area contributed by atoms with Crippen molar-refractivity contribution in [1.82, 2.24) is 14.8 Å². The summed E-state index contributed by atoms with van der Waals surface area (Å²) in [7, 11) is 3.21. The van der Waals surface area contributed by atoms with Gasteiger partial charge in [0.15, 0.2) is 5.16 Å². The maximum absolute atomic E-state index is 12.9. The van der Waals surface area contributed by atoms with Crippen LogP contribution in [0.5, 0.6) is 5.75 Å². The number of esters is 1. The Hall–Kier alpha value is -3.34. The number of aryl methyl sites for hydroxylation is 3. The van der Waals surface area contributed by atoms with E-state index in [0.717, 1.165) is 39.6 Å². The second-order valence-corrected chi connectivity index (χ2v) is 11.4. The highest BCUT2D eigenvalue weighted by molar-refractivity contribution is 7.99. The molecule has 1 N–H and O–H groups in total. The van der Waals surface area contributed by atoms with Crippen LogP contribution in [0.1, 0.15) is 33.0 Å². The number of rotatable bonds is 11. The highest BCUT2D eigenvalue weighted by Crippen LogP contribution is 2.40. The Kier molecular flexibility index (Phi) is 9.66. The number of ether oxygens (including phenoxy) is 2. The second-order valence-electron chi connectivity index (χ2n) is 8.75. The summed E-state index contributed by atoms with van der Waals surface area (Å²) in [6, 6.07) is 15.1. The highest BCUT2D eigenvalue weighted by Gasteiger charge is 2.25. The third kappa shape index (κ3) is 7.00. The number of benzene rings is 2. The van der Waals surface area contributed by atoms with E-state index in [1.165, 1.54) is 30.2 Å². The third-order valence-corrected chi connectivity index (χ3v) is 8.26. The number of hydrogen-bond acceptors (Lipinski definition) is 8. The maximum atomic E-state index is 12.9. The lowest BCUT2D eigenvalue weighted by Crippen LogP contribution is -2.16. The van der Waals surface area contributed by atoms with Crippen LogP contribution in [0.15, 0.2) is 53.7 Å². The molecule has 0 aliphatic carbocycles. The molecule has 4 rings (SSSR count). The van der Waals surface area contributed by atoms with Gasteiger partial charge in [0.2, 0.25) is 5.91 Å². The van der Waals surface area contributed by atoms with Gasteiger partial charge in [0.05, 0.1) is 19.5 Å². The van der Waals surface area contributed by atoms with Gasteiger partial charge in [0.25, 0.3) is 0 Å². The molecule has 0 fully saturated rings. The van der Waals surface area contributed by atoms with Gasteiger partial charge in [-0.15, -0.1) is 21.5 Å². The number of nitrogens with one attached hydrogen (secondary N) is 1. The van der Waals surface area contributed by atoms with Gasteiger partial charge in [-0.2, -0.15) is 0 Å². The summed E-state index contributed by atoms with van der Waals surface area (Å²) in [5.74, 6) is 0.996. The number of halogens is 1. The van der Waals surface area contributed by atoms with Crippen LogP contribution in [-0.4, -0.2) is 46.1 Å². The number of thiophene rings is 1. The van der Waals surface area contributed by atoms with Crippen LogP contribution in [0.4, 0.5) is 5.00 Å². The molecule has 11 heteroatoms. The first-order chi connectivity index (χ1) is 18.8. The summed E-state index contributed by atoms with van der Waals surface area (Å²) in [6.45, 7) is 4.42. The van der Waals surface area contributed by atoms with Crippen molar-refractivity contribution < 1.29 is 19.1 Å². The van der Waals surface area contributed by atoms with Gasteiger partial charge in [-0.25, -0.2) is 4.79 Å². The van der Waals surface area contributed by atoms with E-state index in [0.29, 0.717) is 33.8 Å². The van der Waals surface area contributed by atoms with Gasteiger partial charge < -0.3 is 19.4 Å². The lowest BCUT2D eigenvalue weighted by Gasteiger charge is -2.09. The largest absolute Gasteiger partial charge is 0.493 e. The first kappa shape index (κ1) is 28.7. The van der Waals surface area contributed by atoms with Crippen molar-refractivity contribution in [2.24, 2.45) is 7.05 Å². The van der Waals surface area contributed by atoms with Crippen molar-refractivity contribution in [3.8, 4) is 16.9 Å². The molecule has 0 unspecified atom stereocenters. The minimum Gasteiger partial charge on any atom is -0.493 e. The summed E-state index contributed by atoms with van der Waals surface area (Å²) in [4.78, 5) is 26.4. The predicted molar refractivity (Wildman–Crippen MR) is 156 cm³/mol. The molecule has 0 aliphatic rings. The molecule has 0 aliphatic heterocycles. The van der Waals surface area contributed by atoms with E-state index < -0.39 is 5.97 Å². The number of carbonyl (C=O) groups is 2. The molecule has 0 radical (unpaired) electrons. The highest BCUT2D eigenvalue weighted by atomic mass is 35.5. The summed E-state index contributed by atoms with van der Waals surface area (Å²) in [5, 5.41) is 13.2. The van der Waals surface area contributed by atoms with Crippen molar-refractivity contribution in [2.45, 2.75) is 31.8 Å². The van der Waals surface area contributed by atoms with E-state index in [2.05, 4.69) is 15.5 Å². The number of nitrogens with zero attached hydrogens (tertiary/aromatic N) is 3. The molecule has 8 nitrogen and oxygen atoms in total. The quantitative estimate of drug-likeness (QED) is 0.125. The average Bonchev–Trinajstić information content (AvgIpc) is 3.44. The molecule has 0 spiro atoms. The fourth-order valence-corrected chi connectivity index (χ4v) is 6.09. The molecule has 4 aromatic rings. The van der Waals surface area contributed by atoms with Crippen LogP contribution in [0.2, 0.25) is 5.02 Å². The molecular weight excluding hydrogens is 556 g/mol. The van der Waals surface area contributed by atoms with Crippen molar-refractivity contribution in [1.29, 1.82) is 0 Å². The summed E-state index contributed by atoms with van der Waals surface area (Å²) < 4.78 is 12.8. The van der Waals surface area contributed by atoms with E-state index in [9.17, 15) is 9.59 Å². The van der Waals surface area contributed by atoms with Gasteiger partial charge in [-0.3, -0.25) is 4.79 Å². The first-order valence-electron chi connectivity index (χ1n) is 12.3. The van der Waals surface area contributed by atoms with Gasteiger partial charge in [0, 0.05) is 28.9 Å². The van der Waals surface area contributed by atoms with Crippen LogP contribution < -0.4 is 10.1 Å². The number of methoxy groups -OCH3 is 1. The number of carbonyl (C=O) groups excluding carboxylic acids is 2. The number of thioether (sulfide) groups is 1. The standard InChI is InChI=1S/C28H29ClN4O4S2/c1-17-15-20(29)12-13-21(17)37-14-8-11-22-31-32-28(33(22)3)38-16-23(34)30-26-25(27(35)36-4)24(18(2)39-26)19-9-6-5-7-10-19/h5-7,9-10,12-13,15H,8,11,14,16H2,1-4H3,(H,30,34). The zero-order chi connectivity index (χ0) is 27.9.